The number of aromatic amines is 1. The minimum Gasteiger partial charge on any atom is -0.466 e. The van der Waals surface area contributed by atoms with Crippen LogP contribution < -0.4 is 0 Å². The number of aromatic nitrogens is 1. The molecule has 0 saturated carbocycles. The number of nitriles is 1. The molecule has 120 valence electrons. The van der Waals surface area contributed by atoms with Gasteiger partial charge in [-0.05, 0) is 25.0 Å². The normalized spacial score (nSPS) is 21.4. The smallest absolute Gasteiger partial charge is 0.302 e. The first kappa shape index (κ1) is 15.6. The number of carbonyl (C=O) groups excluding carboxylic acids is 1. The zero-order chi connectivity index (χ0) is 16.4. The molecule has 0 fully saturated rings. The van der Waals surface area contributed by atoms with Crippen molar-refractivity contribution in [1.82, 2.24) is 4.98 Å². The Morgan fingerprint density at radius 2 is 2.30 bits per heavy atom. The van der Waals surface area contributed by atoms with Crippen LogP contribution in [0.15, 0.2) is 24.3 Å². The first-order valence-corrected chi connectivity index (χ1v) is 7.83. The molecule has 23 heavy (non-hydrogen) atoms. The van der Waals surface area contributed by atoms with E-state index in [1.165, 1.54) is 17.9 Å². The molecular formula is C18H20N2O3. The Morgan fingerprint density at radius 3 is 3.04 bits per heavy atom. The summed E-state index contributed by atoms with van der Waals surface area (Å²) in [5, 5.41) is 10.8. The van der Waals surface area contributed by atoms with Crippen LogP contribution in [0.4, 0.5) is 0 Å². The molecule has 0 aliphatic carbocycles. The summed E-state index contributed by atoms with van der Waals surface area (Å²) in [6.45, 7) is 4.12. The summed E-state index contributed by atoms with van der Waals surface area (Å²) in [4.78, 5) is 14.4. The summed E-state index contributed by atoms with van der Waals surface area (Å²) in [5.41, 5.74) is 2.54. The van der Waals surface area contributed by atoms with Gasteiger partial charge in [0.1, 0.15) is 5.60 Å². The molecule has 2 atom stereocenters. The van der Waals surface area contributed by atoms with Gasteiger partial charge in [0.25, 0.3) is 0 Å². The van der Waals surface area contributed by atoms with Crippen LogP contribution in [0, 0.1) is 17.2 Å². The molecule has 0 saturated heterocycles. The molecule has 0 spiro atoms. The van der Waals surface area contributed by atoms with Crippen molar-refractivity contribution in [1.29, 1.82) is 5.26 Å². The van der Waals surface area contributed by atoms with Crippen molar-refractivity contribution in [3.8, 4) is 6.07 Å². The van der Waals surface area contributed by atoms with Crippen LogP contribution >= 0.6 is 0 Å². The molecule has 2 aromatic rings. The molecule has 1 aromatic carbocycles. The second kappa shape index (κ2) is 6.05. The van der Waals surface area contributed by atoms with E-state index < -0.39 is 11.5 Å². The Balaban J connectivity index is 1.96. The highest BCUT2D eigenvalue weighted by Crippen LogP contribution is 2.42. The number of ether oxygens (including phenoxy) is 2. The number of fused-ring (bicyclic) bond motifs is 3. The second-order valence-electron chi connectivity index (χ2n) is 6.04. The van der Waals surface area contributed by atoms with Gasteiger partial charge >= 0.3 is 5.97 Å². The monoisotopic (exact) mass is 312 g/mol. The highest BCUT2D eigenvalue weighted by Gasteiger charge is 2.43. The first-order chi connectivity index (χ1) is 11.1. The van der Waals surface area contributed by atoms with Crippen LogP contribution in [0.25, 0.3) is 10.9 Å². The lowest BCUT2D eigenvalue weighted by molar-refractivity contribution is -0.142. The number of nitrogens with zero attached hydrogens (tertiary/aromatic N) is 1. The van der Waals surface area contributed by atoms with Crippen molar-refractivity contribution in [3.05, 3.63) is 35.5 Å². The van der Waals surface area contributed by atoms with Crippen LogP contribution in [-0.2, 0) is 26.3 Å². The first-order valence-electron chi connectivity index (χ1n) is 7.83. The fourth-order valence-corrected chi connectivity index (χ4v) is 3.38. The van der Waals surface area contributed by atoms with Crippen molar-refractivity contribution in [2.75, 3.05) is 13.2 Å². The minimum absolute atomic E-state index is 0.224. The number of para-hydroxylation sites is 1. The highest BCUT2D eigenvalue weighted by atomic mass is 16.5. The zero-order valence-corrected chi connectivity index (χ0v) is 13.4. The lowest BCUT2D eigenvalue weighted by Crippen LogP contribution is -2.40. The second-order valence-corrected chi connectivity index (χ2v) is 6.04. The van der Waals surface area contributed by atoms with Gasteiger partial charge in [-0.1, -0.05) is 18.2 Å². The summed E-state index contributed by atoms with van der Waals surface area (Å²) in [5.74, 6) is -0.725. The maximum atomic E-state index is 10.9. The number of nitrogens with one attached hydrogen (secondary N) is 1. The highest BCUT2D eigenvalue weighted by molar-refractivity contribution is 5.85. The lowest BCUT2D eigenvalue weighted by Gasteiger charge is -2.37. The molecule has 5 nitrogen and oxygen atoms in total. The van der Waals surface area contributed by atoms with E-state index in [9.17, 15) is 10.1 Å². The van der Waals surface area contributed by atoms with Crippen LogP contribution in [0.1, 0.15) is 31.5 Å². The van der Waals surface area contributed by atoms with Gasteiger partial charge in [-0.3, -0.25) is 4.79 Å². The van der Waals surface area contributed by atoms with Gasteiger partial charge in [0.05, 0.1) is 30.9 Å². The van der Waals surface area contributed by atoms with Gasteiger partial charge in [0.15, 0.2) is 0 Å². The standard InChI is InChI=1S/C18H20N2O3/c1-12(21)22-9-7-13(11-19)18(2)17-15(8-10-23-18)14-5-3-4-6-16(14)20-17/h3-6,13,20H,7-10H2,1-2H3. The molecule has 1 aromatic heterocycles. The van der Waals surface area contributed by atoms with E-state index in [1.54, 1.807) is 0 Å². The van der Waals surface area contributed by atoms with E-state index in [2.05, 4.69) is 17.1 Å². The Hall–Kier alpha value is -2.32. The Morgan fingerprint density at radius 1 is 1.52 bits per heavy atom. The summed E-state index contributed by atoms with van der Waals surface area (Å²) < 4.78 is 11.0. The van der Waals surface area contributed by atoms with Crippen LogP contribution in [0.5, 0.6) is 0 Å². The molecule has 0 radical (unpaired) electrons. The van der Waals surface area contributed by atoms with Gasteiger partial charge in [-0.15, -0.1) is 0 Å². The topological polar surface area (TPSA) is 75.1 Å². The third kappa shape index (κ3) is 2.71. The number of benzene rings is 1. The molecule has 2 unspecified atom stereocenters. The van der Waals surface area contributed by atoms with E-state index in [-0.39, 0.29) is 12.6 Å². The van der Waals surface area contributed by atoms with Gasteiger partial charge in [-0.2, -0.15) is 5.26 Å². The zero-order valence-electron chi connectivity index (χ0n) is 13.4. The number of H-pyrrole nitrogens is 1. The molecule has 1 aliphatic heterocycles. The van der Waals surface area contributed by atoms with Gasteiger partial charge in [-0.25, -0.2) is 0 Å². The minimum atomic E-state index is -0.721. The summed E-state index contributed by atoms with van der Waals surface area (Å²) in [6.07, 6.45) is 1.28. The van der Waals surface area contributed by atoms with E-state index in [0.717, 1.165) is 17.6 Å². The number of rotatable bonds is 4. The molecule has 1 N–H and O–H groups in total. The van der Waals surface area contributed by atoms with E-state index in [0.29, 0.717) is 13.0 Å². The van der Waals surface area contributed by atoms with E-state index >= 15 is 0 Å². The SMILES string of the molecule is CC(=O)OCCC(C#N)C1(C)OCCc2c1[nH]c1ccccc21. The van der Waals surface area contributed by atoms with Crippen molar-refractivity contribution >= 4 is 16.9 Å². The van der Waals surface area contributed by atoms with Crippen molar-refractivity contribution in [2.24, 2.45) is 5.92 Å². The van der Waals surface area contributed by atoms with Crippen molar-refractivity contribution < 1.29 is 14.3 Å². The van der Waals surface area contributed by atoms with Gasteiger partial charge < -0.3 is 14.5 Å². The fraction of sp³-hybridized carbons (Fsp3) is 0.444. The number of carbonyl (C=O) groups is 1. The molecule has 0 amide bonds. The maximum Gasteiger partial charge on any atom is 0.302 e. The summed E-state index contributed by atoms with van der Waals surface area (Å²) >= 11 is 0. The van der Waals surface area contributed by atoms with Crippen LogP contribution in [-0.4, -0.2) is 24.2 Å². The third-order valence-electron chi connectivity index (χ3n) is 4.60. The maximum absolute atomic E-state index is 10.9. The molecule has 1 aliphatic rings. The largest absolute Gasteiger partial charge is 0.466 e. The average Bonchev–Trinajstić information content (AvgIpc) is 2.92. The van der Waals surface area contributed by atoms with Gasteiger partial charge in [0.2, 0.25) is 0 Å². The Labute approximate surface area is 135 Å². The molecule has 0 bridgehead atoms. The lowest BCUT2D eigenvalue weighted by atomic mass is 9.81. The van der Waals surface area contributed by atoms with Crippen molar-refractivity contribution in [3.63, 3.8) is 0 Å². The number of hydrogen-bond donors (Lipinski definition) is 1. The van der Waals surface area contributed by atoms with Crippen molar-refractivity contribution in [2.45, 2.75) is 32.3 Å². The fourth-order valence-electron chi connectivity index (χ4n) is 3.38. The van der Waals surface area contributed by atoms with Crippen LogP contribution in [0.3, 0.4) is 0 Å². The third-order valence-corrected chi connectivity index (χ3v) is 4.60. The molecular weight excluding hydrogens is 292 g/mol. The molecule has 3 rings (SSSR count). The Kier molecular flexibility index (Phi) is 4.10. The quantitative estimate of drug-likeness (QED) is 0.880. The number of hydrogen-bond acceptors (Lipinski definition) is 4. The van der Waals surface area contributed by atoms with Gasteiger partial charge in [0, 0.05) is 24.2 Å². The molecule has 2 heterocycles. The molecule has 5 heteroatoms. The van der Waals surface area contributed by atoms with E-state index in [4.69, 9.17) is 9.47 Å². The predicted octanol–water partition coefficient (Wildman–Crippen LogP) is 3.05. The Bertz CT molecular complexity index is 774. The predicted molar refractivity (Wildman–Crippen MR) is 85.7 cm³/mol. The summed E-state index contributed by atoms with van der Waals surface area (Å²) in [6, 6.07) is 10.5. The summed E-state index contributed by atoms with van der Waals surface area (Å²) in [7, 11) is 0. The van der Waals surface area contributed by atoms with Crippen LogP contribution in [0.2, 0.25) is 0 Å². The van der Waals surface area contributed by atoms with E-state index in [1.807, 2.05) is 25.1 Å². The number of esters is 1. The average molecular weight is 312 g/mol.